The predicted octanol–water partition coefficient (Wildman–Crippen LogP) is 2.31. The van der Waals surface area contributed by atoms with Gasteiger partial charge in [0.15, 0.2) is 0 Å². The van der Waals surface area contributed by atoms with Crippen LogP contribution in [-0.2, 0) is 0 Å². The summed E-state index contributed by atoms with van der Waals surface area (Å²) in [6.07, 6.45) is 7.17. The number of fused-ring (bicyclic) bond motifs is 1. The van der Waals surface area contributed by atoms with Crippen LogP contribution in [0.15, 0.2) is 42.7 Å². The maximum atomic E-state index is 11.3. The van der Waals surface area contributed by atoms with Crippen LogP contribution >= 0.6 is 0 Å². The molecular weight excluding hydrogens is 264 g/mol. The van der Waals surface area contributed by atoms with E-state index in [1.54, 1.807) is 4.40 Å². The van der Waals surface area contributed by atoms with E-state index in [-0.39, 0.29) is 0 Å². The van der Waals surface area contributed by atoms with Crippen molar-refractivity contribution in [2.75, 3.05) is 0 Å². The molecule has 5 nitrogen and oxygen atoms in total. The Morgan fingerprint density at radius 1 is 1.24 bits per heavy atom. The molecule has 3 aromatic rings. The van der Waals surface area contributed by atoms with Gasteiger partial charge in [0.05, 0.1) is 11.9 Å². The molecular formula is C16H14N4O. The Morgan fingerprint density at radius 2 is 2.10 bits per heavy atom. The Balaban J connectivity index is 1.97. The Kier molecular flexibility index (Phi) is 3.23. The Hall–Kier alpha value is -2.95. The summed E-state index contributed by atoms with van der Waals surface area (Å²) in [6.45, 7) is 1.95. The second-order valence-electron chi connectivity index (χ2n) is 4.74. The number of primary amides is 1. The van der Waals surface area contributed by atoms with Crippen LogP contribution in [0.1, 0.15) is 27.4 Å². The summed E-state index contributed by atoms with van der Waals surface area (Å²) in [4.78, 5) is 19.9. The number of aryl methyl sites for hydroxylation is 1. The number of carbonyl (C=O) groups excluding carboxylic acids is 1. The third-order valence-electron chi connectivity index (χ3n) is 3.14. The standard InChI is InChI=1S/C16H14N4O/c1-11-3-2-4-13(19-11)7-5-12-6-8-15-18-9-14(16(17)21)20(15)10-12/h2-10H,1H3,(H2,17,21)/b7-5+. The first-order valence-electron chi connectivity index (χ1n) is 6.52. The van der Waals surface area contributed by atoms with E-state index in [0.29, 0.717) is 11.3 Å². The van der Waals surface area contributed by atoms with Crippen LogP contribution in [-0.4, -0.2) is 20.3 Å². The smallest absolute Gasteiger partial charge is 0.267 e. The van der Waals surface area contributed by atoms with Gasteiger partial charge in [-0.15, -0.1) is 0 Å². The lowest BCUT2D eigenvalue weighted by molar-refractivity contribution is 0.0995. The van der Waals surface area contributed by atoms with Crippen molar-refractivity contribution in [1.29, 1.82) is 0 Å². The second-order valence-corrected chi connectivity index (χ2v) is 4.74. The summed E-state index contributed by atoms with van der Waals surface area (Å²) in [5.41, 5.74) is 9.18. The van der Waals surface area contributed by atoms with Gasteiger partial charge in [0.2, 0.25) is 0 Å². The van der Waals surface area contributed by atoms with Crippen LogP contribution in [0.25, 0.3) is 17.8 Å². The quantitative estimate of drug-likeness (QED) is 0.799. The molecule has 3 heterocycles. The van der Waals surface area contributed by atoms with Gasteiger partial charge < -0.3 is 5.73 Å². The fraction of sp³-hybridized carbons (Fsp3) is 0.0625. The van der Waals surface area contributed by atoms with E-state index in [1.807, 2.05) is 55.6 Å². The maximum Gasteiger partial charge on any atom is 0.267 e. The molecule has 0 aromatic carbocycles. The number of hydrogen-bond acceptors (Lipinski definition) is 3. The zero-order valence-electron chi connectivity index (χ0n) is 11.5. The minimum absolute atomic E-state index is 0.369. The lowest BCUT2D eigenvalue weighted by atomic mass is 10.2. The summed E-state index contributed by atoms with van der Waals surface area (Å²) in [6, 6.07) is 9.63. The van der Waals surface area contributed by atoms with Crippen molar-refractivity contribution >= 4 is 23.7 Å². The Labute approximate surface area is 121 Å². The molecule has 0 atom stereocenters. The molecule has 0 aliphatic rings. The van der Waals surface area contributed by atoms with Crippen molar-refractivity contribution in [3.05, 3.63) is 65.4 Å². The van der Waals surface area contributed by atoms with Gasteiger partial charge >= 0.3 is 0 Å². The van der Waals surface area contributed by atoms with Gasteiger partial charge in [-0.25, -0.2) is 4.98 Å². The first-order chi connectivity index (χ1) is 10.1. The zero-order chi connectivity index (χ0) is 14.8. The fourth-order valence-corrected chi connectivity index (χ4v) is 2.12. The minimum Gasteiger partial charge on any atom is -0.364 e. The van der Waals surface area contributed by atoms with E-state index in [0.717, 1.165) is 17.0 Å². The van der Waals surface area contributed by atoms with E-state index < -0.39 is 5.91 Å². The highest BCUT2D eigenvalue weighted by Crippen LogP contribution is 2.12. The predicted molar refractivity (Wildman–Crippen MR) is 81.6 cm³/mol. The number of nitrogens with zero attached hydrogens (tertiary/aromatic N) is 3. The highest BCUT2D eigenvalue weighted by Gasteiger charge is 2.07. The fourth-order valence-electron chi connectivity index (χ4n) is 2.12. The molecule has 0 aliphatic carbocycles. The SMILES string of the molecule is Cc1cccc(/C=C/c2ccc3ncc(C(N)=O)n3c2)n1. The molecule has 0 saturated carbocycles. The Bertz CT molecular complexity index is 848. The van der Waals surface area contributed by atoms with Crippen molar-refractivity contribution < 1.29 is 4.79 Å². The van der Waals surface area contributed by atoms with Gasteiger partial charge in [-0.05, 0) is 42.8 Å². The normalized spacial score (nSPS) is 11.3. The minimum atomic E-state index is -0.496. The number of imidazole rings is 1. The molecule has 1 amide bonds. The number of amides is 1. The molecule has 21 heavy (non-hydrogen) atoms. The molecule has 104 valence electrons. The number of hydrogen-bond donors (Lipinski definition) is 1. The van der Waals surface area contributed by atoms with E-state index in [9.17, 15) is 4.79 Å². The molecule has 3 rings (SSSR count). The van der Waals surface area contributed by atoms with E-state index in [1.165, 1.54) is 6.20 Å². The largest absolute Gasteiger partial charge is 0.364 e. The van der Waals surface area contributed by atoms with Crippen molar-refractivity contribution in [1.82, 2.24) is 14.4 Å². The van der Waals surface area contributed by atoms with Crippen molar-refractivity contribution in [3.63, 3.8) is 0 Å². The number of pyridine rings is 2. The lowest BCUT2D eigenvalue weighted by Gasteiger charge is -2.00. The molecule has 0 aliphatic heterocycles. The number of rotatable bonds is 3. The van der Waals surface area contributed by atoms with E-state index in [4.69, 9.17) is 5.73 Å². The average Bonchev–Trinajstić information content (AvgIpc) is 2.88. The third kappa shape index (κ3) is 2.67. The van der Waals surface area contributed by atoms with Crippen LogP contribution in [0.5, 0.6) is 0 Å². The van der Waals surface area contributed by atoms with Gasteiger partial charge in [-0.3, -0.25) is 14.2 Å². The molecule has 0 bridgehead atoms. The molecule has 3 aromatic heterocycles. The summed E-state index contributed by atoms with van der Waals surface area (Å²) in [5, 5.41) is 0. The van der Waals surface area contributed by atoms with E-state index >= 15 is 0 Å². The monoisotopic (exact) mass is 278 g/mol. The van der Waals surface area contributed by atoms with Crippen LogP contribution in [0.4, 0.5) is 0 Å². The molecule has 0 fully saturated rings. The van der Waals surface area contributed by atoms with Gasteiger partial charge in [0.25, 0.3) is 5.91 Å². The van der Waals surface area contributed by atoms with E-state index in [2.05, 4.69) is 9.97 Å². The third-order valence-corrected chi connectivity index (χ3v) is 3.14. The van der Waals surface area contributed by atoms with Crippen molar-refractivity contribution in [2.24, 2.45) is 5.73 Å². The highest BCUT2D eigenvalue weighted by atomic mass is 16.1. The van der Waals surface area contributed by atoms with Crippen LogP contribution < -0.4 is 5.73 Å². The molecule has 2 N–H and O–H groups in total. The zero-order valence-corrected chi connectivity index (χ0v) is 11.5. The first-order valence-corrected chi connectivity index (χ1v) is 6.52. The van der Waals surface area contributed by atoms with Gasteiger partial charge in [0, 0.05) is 11.9 Å². The van der Waals surface area contributed by atoms with Gasteiger partial charge in [-0.2, -0.15) is 0 Å². The summed E-state index contributed by atoms with van der Waals surface area (Å²) in [7, 11) is 0. The average molecular weight is 278 g/mol. The van der Waals surface area contributed by atoms with Gasteiger partial charge in [0.1, 0.15) is 11.3 Å². The molecule has 0 unspecified atom stereocenters. The molecule has 5 heteroatoms. The Morgan fingerprint density at radius 3 is 2.86 bits per heavy atom. The lowest BCUT2D eigenvalue weighted by Crippen LogP contribution is -2.13. The molecule has 0 saturated heterocycles. The van der Waals surface area contributed by atoms with Crippen LogP contribution in [0.2, 0.25) is 0 Å². The summed E-state index contributed by atoms with van der Waals surface area (Å²) in [5.74, 6) is -0.496. The van der Waals surface area contributed by atoms with Crippen molar-refractivity contribution in [2.45, 2.75) is 6.92 Å². The first kappa shape index (κ1) is 13.1. The summed E-state index contributed by atoms with van der Waals surface area (Å²) < 4.78 is 1.69. The molecule has 0 radical (unpaired) electrons. The number of aromatic nitrogens is 3. The van der Waals surface area contributed by atoms with Crippen molar-refractivity contribution in [3.8, 4) is 0 Å². The van der Waals surface area contributed by atoms with Gasteiger partial charge in [-0.1, -0.05) is 12.1 Å². The van der Waals surface area contributed by atoms with Crippen LogP contribution in [0, 0.1) is 6.92 Å². The highest BCUT2D eigenvalue weighted by molar-refractivity contribution is 5.91. The summed E-state index contributed by atoms with van der Waals surface area (Å²) >= 11 is 0. The topological polar surface area (TPSA) is 73.3 Å². The number of nitrogens with two attached hydrogens (primary N) is 1. The maximum absolute atomic E-state index is 11.3. The second kappa shape index (κ2) is 5.20. The van der Waals surface area contributed by atoms with Crippen LogP contribution in [0.3, 0.4) is 0 Å². The number of carbonyl (C=O) groups is 1. The molecule has 0 spiro atoms.